The van der Waals surface area contributed by atoms with E-state index < -0.39 is 11.6 Å². The number of thiazole rings is 1. The average Bonchev–Trinajstić information content (AvgIpc) is 3.14. The largest absolute Gasteiger partial charge is 0.379 e. The number of nitrogens with zero attached hydrogens (tertiary/aromatic N) is 3. The summed E-state index contributed by atoms with van der Waals surface area (Å²) in [5.41, 5.74) is 0.479. The highest BCUT2D eigenvalue weighted by atomic mass is 35.5. The van der Waals surface area contributed by atoms with Crippen LogP contribution < -0.4 is 4.90 Å². The molecule has 0 spiro atoms. The van der Waals surface area contributed by atoms with Crippen LogP contribution in [-0.2, 0) is 4.74 Å². The Labute approximate surface area is 177 Å². The minimum absolute atomic E-state index is 0. The number of hydrogen-bond donors (Lipinski definition) is 0. The summed E-state index contributed by atoms with van der Waals surface area (Å²) in [6.45, 7) is 3.89. The zero-order valence-corrected chi connectivity index (χ0v) is 17.1. The van der Waals surface area contributed by atoms with Gasteiger partial charge in [-0.05, 0) is 30.3 Å². The Bertz CT molecular complexity index is 995. The summed E-state index contributed by atoms with van der Waals surface area (Å²) >= 11 is 1.25. The molecule has 2 aromatic carbocycles. The van der Waals surface area contributed by atoms with Gasteiger partial charge in [0, 0.05) is 31.7 Å². The molecule has 0 N–H and O–H groups in total. The lowest BCUT2D eigenvalue weighted by Crippen LogP contribution is -2.43. The second-order valence-electron chi connectivity index (χ2n) is 6.50. The number of aromatic nitrogens is 1. The van der Waals surface area contributed by atoms with E-state index in [1.54, 1.807) is 18.2 Å². The monoisotopic (exact) mass is 439 g/mol. The summed E-state index contributed by atoms with van der Waals surface area (Å²) < 4.78 is 33.7. The Balaban J connectivity index is 0.00000240. The predicted molar refractivity (Wildman–Crippen MR) is 112 cm³/mol. The van der Waals surface area contributed by atoms with Crippen LogP contribution >= 0.6 is 23.7 Å². The molecule has 4 rings (SSSR count). The van der Waals surface area contributed by atoms with E-state index in [-0.39, 0.29) is 29.4 Å². The molecule has 154 valence electrons. The SMILES string of the molecule is Cl.O=C(c1cccc(F)c1)N(CCN1CCOCC1)c1nc2c(F)cccc2s1. The highest BCUT2D eigenvalue weighted by Crippen LogP contribution is 2.31. The van der Waals surface area contributed by atoms with Crippen molar-refractivity contribution in [2.45, 2.75) is 0 Å². The number of rotatable bonds is 5. The molecule has 1 aliphatic rings. The van der Waals surface area contributed by atoms with Gasteiger partial charge < -0.3 is 4.74 Å². The number of ether oxygens (including phenoxy) is 1. The summed E-state index contributed by atoms with van der Waals surface area (Å²) in [5.74, 6) is -1.26. The Morgan fingerprint density at radius 3 is 2.66 bits per heavy atom. The molecule has 0 radical (unpaired) electrons. The number of carbonyl (C=O) groups is 1. The first-order valence-electron chi connectivity index (χ1n) is 9.04. The Morgan fingerprint density at radius 2 is 1.93 bits per heavy atom. The number of anilines is 1. The normalized spacial score (nSPS) is 14.6. The fourth-order valence-electron chi connectivity index (χ4n) is 3.15. The Hall–Kier alpha value is -2.13. The van der Waals surface area contributed by atoms with Crippen molar-refractivity contribution in [2.24, 2.45) is 0 Å². The molecule has 0 aliphatic carbocycles. The predicted octanol–water partition coefficient (Wildman–Crippen LogP) is 3.98. The molecule has 1 saturated heterocycles. The average molecular weight is 440 g/mol. The highest BCUT2D eigenvalue weighted by Gasteiger charge is 2.23. The van der Waals surface area contributed by atoms with Crippen LogP contribution in [0.4, 0.5) is 13.9 Å². The number of halogens is 3. The standard InChI is InChI=1S/C20H19F2N3O2S.ClH/c21-15-4-1-3-14(13-15)19(26)25(8-7-24-9-11-27-12-10-24)20-23-18-16(22)5-2-6-17(18)28-20;/h1-6,13H,7-12H2;1H. The van der Waals surface area contributed by atoms with Crippen molar-refractivity contribution in [1.82, 2.24) is 9.88 Å². The molecule has 5 nitrogen and oxygen atoms in total. The number of carbonyl (C=O) groups excluding carboxylic acids is 1. The van der Waals surface area contributed by atoms with Crippen LogP contribution in [0.3, 0.4) is 0 Å². The van der Waals surface area contributed by atoms with Gasteiger partial charge >= 0.3 is 0 Å². The maximum Gasteiger partial charge on any atom is 0.260 e. The molecule has 1 aliphatic heterocycles. The lowest BCUT2D eigenvalue weighted by molar-refractivity contribution is 0.0391. The highest BCUT2D eigenvalue weighted by molar-refractivity contribution is 7.22. The number of fused-ring (bicyclic) bond motifs is 1. The maximum absolute atomic E-state index is 14.1. The molecular weight excluding hydrogens is 420 g/mol. The van der Waals surface area contributed by atoms with Crippen LogP contribution in [0.2, 0.25) is 0 Å². The third-order valence-corrected chi connectivity index (χ3v) is 5.69. The van der Waals surface area contributed by atoms with Crippen LogP contribution in [-0.4, -0.2) is 55.2 Å². The van der Waals surface area contributed by atoms with E-state index in [2.05, 4.69) is 9.88 Å². The molecule has 3 aromatic rings. The molecule has 1 aromatic heterocycles. The summed E-state index contributed by atoms with van der Waals surface area (Å²) in [7, 11) is 0. The van der Waals surface area contributed by atoms with Gasteiger partial charge in [-0.2, -0.15) is 0 Å². The molecule has 0 saturated carbocycles. The molecule has 1 amide bonds. The second-order valence-corrected chi connectivity index (χ2v) is 7.51. The van der Waals surface area contributed by atoms with Crippen molar-refractivity contribution < 1.29 is 18.3 Å². The molecule has 2 heterocycles. The van der Waals surface area contributed by atoms with Crippen molar-refractivity contribution >= 4 is 45.0 Å². The molecular formula is C20H20ClF2N3O2S. The van der Waals surface area contributed by atoms with Crippen LogP contribution in [0.1, 0.15) is 10.4 Å². The van der Waals surface area contributed by atoms with Crippen LogP contribution in [0.15, 0.2) is 42.5 Å². The lowest BCUT2D eigenvalue weighted by atomic mass is 10.2. The molecule has 9 heteroatoms. The summed E-state index contributed by atoms with van der Waals surface area (Å²) in [6.07, 6.45) is 0. The molecule has 0 unspecified atom stereocenters. The summed E-state index contributed by atoms with van der Waals surface area (Å²) in [5, 5.41) is 0.405. The molecule has 1 fully saturated rings. The Kier molecular flexibility index (Phi) is 7.13. The number of morpholine rings is 1. The van der Waals surface area contributed by atoms with Crippen LogP contribution in [0.5, 0.6) is 0 Å². The number of amides is 1. The molecule has 0 bridgehead atoms. The number of benzene rings is 2. The minimum atomic E-state index is -0.477. The maximum atomic E-state index is 14.1. The molecule has 29 heavy (non-hydrogen) atoms. The van der Waals surface area contributed by atoms with E-state index in [1.807, 2.05) is 0 Å². The van der Waals surface area contributed by atoms with Gasteiger partial charge in [-0.25, -0.2) is 13.8 Å². The van der Waals surface area contributed by atoms with E-state index in [9.17, 15) is 13.6 Å². The van der Waals surface area contributed by atoms with Crippen molar-refractivity contribution in [3.8, 4) is 0 Å². The van der Waals surface area contributed by atoms with Gasteiger partial charge in [-0.15, -0.1) is 12.4 Å². The first-order chi connectivity index (χ1) is 13.6. The first-order valence-corrected chi connectivity index (χ1v) is 9.86. The fraction of sp³-hybridized carbons (Fsp3) is 0.300. The van der Waals surface area contributed by atoms with Crippen molar-refractivity contribution in [3.63, 3.8) is 0 Å². The van der Waals surface area contributed by atoms with E-state index in [1.165, 1.54) is 40.5 Å². The first kappa shape index (κ1) is 21.6. The zero-order chi connectivity index (χ0) is 19.5. The van der Waals surface area contributed by atoms with Crippen molar-refractivity contribution in [2.75, 3.05) is 44.3 Å². The third kappa shape index (κ3) is 4.90. The second kappa shape index (κ2) is 9.58. The van der Waals surface area contributed by atoms with Gasteiger partial charge in [0.2, 0.25) is 0 Å². The van der Waals surface area contributed by atoms with Gasteiger partial charge in [-0.3, -0.25) is 14.6 Å². The minimum Gasteiger partial charge on any atom is -0.379 e. The van der Waals surface area contributed by atoms with Gasteiger partial charge in [-0.1, -0.05) is 23.5 Å². The summed E-state index contributed by atoms with van der Waals surface area (Å²) in [6, 6.07) is 10.3. The number of para-hydroxylation sites is 1. The van der Waals surface area contributed by atoms with Gasteiger partial charge in [0.25, 0.3) is 5.91 Å². The fourth-order valence-corrected chi connectivity index (χ4v) is 4.15. The van der Waals surface area contributed by atoms with Crippen molar-refractivity contribution in [1.29, 1.82) is 0 Å². The van der Waals surface area contributed by atoms with E-state index in [0.717, 1.165) is 13.1 Å². The lowest BCUT2D eigenvalue weighted by Gasteiger charge is -2.29. The zero-order valence-electron chi connectivity index (χ0n) is 15.5. The van der Waals surface area contributed by atoms with Gasteiger partial charge in [0.1, 0.15) is 17.2 Å². The smallest absolute Gasteiger partial charge is 0.260 e. The van der Waals surface area contributed by atoms with E-state index in [4.69, 9.17) is 4.74 Å². The Morgan fingerprint density at radius 1 is 1.17 bits per heavy atom. The van der Waals surface area contributed by atoms with Gasteiger partial charge in [0.05, 0.1) is 17.9 Å². The third-order valence-electron chi connectivity index (χ3n) is 4.65. The van der Waals surface area contributed by atoms with Crippen LogP contribution in [0.25, 0.3) is 10.2 Å². The number of hydrogen-bond acceptors (Lipinski definition) is 5. The molecule has 0 atom stereocenters. The van der Waals surface area contributed by atoms with Gasteiger partial charge in [0.15, 0.2) is 5.13 Å². The summed E-state index contributed by atoms with van der Waals surface area (Å²) in [4.78, 5) is 21.2. The van der Waals surface area contributed by atoms with E-state index >= 15 is 0 Å². The van der Waals surface area contributed by atoms with Crippen LogP contribution in [0, 0.1) is 11.6 Å². The van der Waals surface area contributed by atoms with Crippen molar-refractivity contribution in [3.05, 3.63) is 59.7 Å². The quantitative estimate of drug-likeness (QED) is 0.603. The topological polar surface area (TPSA) is 45.7 Å². The van der Waals surface area contributed by atoms with E-state index in [0.29, 0.717) is 36.1 Å².